The first kappa shape index (κ1) is 14.5. The second-order valence-corrected chi connectivity index (χ2v) is 7.39. The molecular formula is C17H22N2OS. The predicted octanol–water partition coefficient (Wildman–Crippen LogP) is 3.81. The second kappa shape index (κ2) is 5.43. The van der Waals surface area contributed by atoms with Gasteiger partial charge in [-0.25, -0.2) is 4.98 Å². The SMILES string of the molecule is COc1ccccc1Cc1nc(C2CC2)c(C(C)(C)N)s1. The molecule has 1 aliphatic rings. The summed E-state index contributed by atoms with van der Waals surface area (Å²) >= 11 is 1.76. The molecule has 112 valence electrons. The van der Waals surface area contributed by atoms with Gasteiger partial charge in [-0.05, 0) is 32.8 Å². The van der Waals surface area contributed by atoms with Crippen LogP contribution in [0.2, 0.25) is 0 Å². The van der Waals surface area contributed by atoms with Crippen molar-refractivity contribution in [2.75, 3.05) is 7.11 Å². The maximum absolute atomic E-state index is 6.33. The van der Waals surface area contributed by atoms with Crippen LogP contribution in [0.15, 0.2) is 24.3 Å². The molecule has 3 rings (SSSR count). The van der Waals surface area contributed by atoms with E-state index in [9.17, 15) is 0 Å². The van der Waals surface area contributed by atoms with Gasteiger partial charge in [0.2, 0.25) is 0 Å². The summed E-state index contributed by atoms with van der Waals surface area (Å²) in [6.45, 7) is 4.14. The van der Waals surface area contributed by atoms with Crippen LogP contribution >= 0.6 is 11.3 Å². The zero-order chi connectivity index (χ0) is 15.0. The van der Waals surface area contributed by atoms with Crippen LogP contribution in [-0.4, -0.2) is 12.1 Å². The minimum absolute atomic E-state index is 0.311. The monoisotopic (exact) mass is 302 g/mol. The van der Waals surface area contributed by atoms with Gasteiger partial charge >= 0.3 is 0 Å². The van der Waals surface area contributed by atoms with Gasteiger partial charge in [-0.15, -0.1) is 11.3 Å². The number of hydrogen-bond donors (Lipinski definition) is 1. The van der Waals surface area contributed by atoms with Gasteiger partial charge in [-0.1, -0.05) is 18.2 Å². The first-order valence-corrected chi connectivity index (χ1v) is 8.21. The average molecular weight is 302 g/mol. The number of para-hydroxylation sites is 1. The molecular weight excluding hydrogens is 280 g/mol. The number of benzene rings is 1. The van der Waals surface area contributed by atoms with E-state index in [1.54, 1.807) is 18.4 Å². The number of methoxy groups -OCH3 is 1. The van der Waals surface area contributed by atoms with Crippen molar-refractivity contribution in [3.8, 4) is 5.75 Å². The summed E-state index contributed by atoms with van der Waals surface area (Å²) in [7, 11) is 1.71. The highest BCUT2D eigenvalue weighted by Crippen LogP contribution is 2.45. The molecule has 0 spiro atoms. The molecule has 1 heterocycles. The Labute approximate surface area is 130 Å². The van der Waals surface area contributed by atoms with E-state index in [2.05, 4.69) is 19.9 Å². The Bertz CT molecular complexity index is 638. The molecule has 0 atom stereocenters. The van der Waals surface area contributed by atoms with Crippen molar-refractivity contribution in [1.29, 1.82) is 0 Å². The maximum Gasteiger partial charge on any atom is 0.122 e. The molecule has 3 nitrogen and oxygen atoms in total. The van der Waals surface area contributed by atoms with Crippen LogP contribution in [0.3, 0.4) is 0 Å². The topological polar surface area (TPSA) is 48.1 Å². The second-order valence-electron chi connectivity index (χ2n) is 6.31. The molecule has 21 heavy (non-hydrogen) atoms. The van der Waals surface area contributed by atoms with Crippen LogP contribution in [0.4, 0.5) is 0 Å². The van der Waals surface area contributed by atoms with E-state index in [0.29, 0.717) is 5.92 Å². The highest BCUT2D eigenvalue weighted by atomic mass is 32.1. The van der Waals surface area contributed by atoms with Gasteiger partial charge < -0.3 is 10.5 Å². The van der Waals surface area contributed by atoms with E-state index in [4.69, 9.17) is 15.5 Å². The zero-order valence-corrected chi connectivity index (χ0v) is 13.7. The molecule has 0 unspecified atom stereocenters. The Hall–Kier alpha value is -1.39. The van der Waals surface area contributed by atoms with Crippen LogP contribution in [0, 0.1) is 0 Å². The summed E-state index contributed by atoms with van der Waals surface area (Å²) < 4.78 is 5.43. The molecule has 1 fully saturated rings. The van der Waals surface area contributed by atoms with Crippen molar-refractivity contribution in [3.05, 3.63) is 45.4 Å². The summed E-state index contributed by atoms with van der Waals surface area (Å²) in [5.41, 5.74) is 8.43. The fourth-order valence-electron chi connectivity index (χ4n) is 2.56. The largest absolute Gasteiger partial charge is 0.496 e. The van der Waals surface area contributed by atoms with Gasteiger partial charge in [-0.2, -0.15) is 0 Å². The van der Waals surface area contributed by atoms with Gasteiger partial charge in [-0.3, -0.25) is 0 Å². The smallest absolute Gasteiger partial charge is 0.122 e. The molecule has 0 aliphatic heterocycles. The summed E-state index contributed by atoms with van der Waals surface area (Å²) in [5, 5.41) is 1.13. The first-order chi connectivity index (χ1) is 9.99. The van der Waals surface area contributed by atoms with Crippen LogP contribution < -0.4 is 10.5 Å². The molecule has 0 saturated heterocycles. The van der Waals surface area contributed by atoms with Gasteiger partial charge in [0, 0.05) is 28.3 Å². The van der Waals surface area contributed by atoms with Crippen LogP contribution in [0.25, 0.3) is 0 Å². The number of aromatic nitrogens is 1. The molecule has 0 bridgehead atoms. The number of thiazole rings is 1. The van der Waals surface area contributed by atoms with Crippen LogP contribution in [0.1, 0.15) is 53.7 Å². The number of nitrogens with zero attached hydrogens (tertiary/aromatic N) is 1. The normalized spacial score (nSPS) is 15.2. The first-order valence-electron chi connectivity index (χ1n) is 7.40. The van der Waals surface area contributed by atoms with E-state index >= 15 is 0 Å². The third-order valence-corrected chi connectivity index (χ3v) is 5.19. The van der Waals surface area contributed by atoms with E-state index < -0.39 is 0 Å². The highest BCUT2D eigenvalue weighted by Gasteiger charge is 2.33. The third-order valence-electron chi connectivity index (χ3n) is 3.78. The molecule has 2 N–H and O–H groups in total. The lowest BCUT2D eigenvalue weighted by molar-refractivity contribution is 0.410. The zero-order valence-electron chi connectivity index (χ0n) is 12.8. The van der Waals surface area contributed by atoms with Gasteiger partial charge in [0.05, 0.1) is 17.8 Å². The third kappa shape index (κ3) is 3.11. The molecule has 0 amide bonds. The number of ether oxygens (including phenoxy) is 1. The van der Waals surface area contributed by atoms with Crippen LogP contribution in [-0.2, 0) is 12.0 Å². The van der Waals surface area contributed by atoms with Crippen molar-refractivity contribution in [2.45, 2.75) is 44.6 Å². The molecule has 1 aromatic heterocycles. The van der Waals surface area contributed by atoms with Crippen molar-refractivity contribution in [1.82, 2.24) is 4.98 Å². The lowest BCUT2D eigenvalue weighted by Gasteiger charge is -2.17. The Balaban J connectivity index is 1.93. The van der Waals surface area contributed by atoms with Gasteiger partial charge in [0.1, 0.15) is 5.75 Å². The fraction of sp³-hybridized carbons (Fsp3) is 0.471. The summed E-state index contributed by atoms with van der Waals surface area (Å²) in [6, 6.07) is 8.14. The number of hydrogen-bond acceptors (Lipinski definition) is 4. The van der Waals surface area contributed by atoms with E-state index in [0.717, 1.165) is 17.2 Å². The molecule has 4 heteroatoms. The molecule has 1 aliphatic carbocycles. The minimum atomic E-state index is -0.311. The minimum Gasteiger partial charge on any atom is -0.496 e. The Kier molecular flexibility index (Phi) is 3.76. The standard InChI is InChI=1S/C17H22N2OS/c1-17(2,18)16-15(11-8-9-11)19-14(21-16)10-12-6-4-5-7-13(12)20-3/h4-7,11H,8-10,18H2,1-3H3. The van der Waals surface area contributed by atoms with E-state index in [1.807, 2.05) is 18.2 Å². The van der Waals surface area contributed by atoms with E-state index in [1.165, 1.54) is 29.0 Å². The predicted molar refractivity (Wildman–Crippen MR) is 87.1 cm³/mol. The Morgan fingerprint density at radius 1 is 1.33 bits per heavy atom. The van der Waals surface area contributed by atoms with Crippen LogP contribution in [0.5, 0.6) is 5.75 Å². The quantitative estimate of drug-likeness (QED) is 0.913. The fourth-order valence-corrected chi connectivity index (χ4v) is 3.75. The number of rotatable bonds is 5. The lowest BCUT2D eigenvalue weighted by atomic mass is 10.0. The van der Waals surface area contributed by atoms with E-state index in [-0.39, 0.29) is 5.54 Å². The summed E-state index contributed by atoms with van der Waals surface area (Å²) in [6.07, 6.45) is 3.31. The lowest BCUT2D eigenvalue weighted by Crippen LogP contribution is -2.28. The highest BCUT2D eigenvalue weighted by molar-refractivity contribution is 7.12. The summed E-state index contributed by atoms with van der Waals surface area (Å²) in [4.78, 5) is 6.14. The van der Waals surface area contributed by atoms with Crippen molar-refractivity contribution in [3.63, 3.8) is 0 Å². The molecule has 1 aromatic carbocycles. The molecule has 1 saturated carbocycles. The number of nitrogens with two attached hydrogens (primary N) is 1. The Morgan fingerprint density at radius 3 is 2.67 bits per heavy atom. The average Bonchev–Trinajstić information content (AvgIpc) is 3.19. The molecule has 0 radical (unpaired) electrons. The van der Waals surface area contributed by atoms with Crippen molar-refractivity contribution in [2.24, 2.45) is 5.73 Å². The maximum atomic E-state index is 6.33. The molecule has 2 aromatic rings. The van der Waals surface area contributed by atoms with Crippen molar-refractivity contribution >= 4 is 11.3 Å². The Morgan fingerprint density at radius 2 is 2.05 bits per heavy atom. The van der Waals surface area contributed by atoms with Gasteiger partial charge in [0.15, 0.2) is 0 Å². The van der Waals surface area contributed by atoms with Gasteiger partial charge in [0.25, 0.3) is 0 Å². The summed E-state index contributed by atoms with van der Waals surface area (Å²) in [5.74, 6) is 1.56. The van der Waals surface area contributed by atoms with Crippen molar-refractivity contribution < 1.29 is 4.74 Å².